The fraction of sp³-hybridized carbons (Fsp3) is 0.429. The van der Waals surface area contributed by atoms with Crippen LogP contribution in [0, 0.1) is 0 Å². The fourth-order valence-electron chi connectivity index (χ4n) is 3.84. The van der Waals surface area contributed by atoms with Gasteiger partial charge in [0.1, 0.15) is 0 Å². The number of nitrogens with zero attached hydrogens (tertiary/aromatic N) is 2. The van der Waals surface area contributed by atoms with Crippen molar-refractivity contribution >= 4 is 11.6 Å². The average molecular weight is 435 g/mol. The van der Waals surface area contributed by atoms with Crippen LogP contribution >= 0.6 is 11.6 Å². The Bertz CT molecular complexity index is 917. The average Bonchev–Trinajstić information content (AvgIpc) is 2.80. The molecule has 1 aromatic heterocycles. The third-order valence-electron chi connectivity index (χ3n) is 5.84. The molecule has 0 bridgehead atoms. The van der Waals surface area contributed by atoms with Crippen molar-refractivity contribution in [1.82, 2.24) is 9.97 Å². The van der Waals surface area contributed by atoms with Crippen molar-refractivity contribution in [2.75, 3.05) is 0 Å². The van der Waals surface area contributed by atoms with E-state index in [-0.39, 0.29) is 0 Å². The molecule has 0 aliphatic heterocycles. The van der Waals surface area contributed by atoms with Gasteiger partial charge in [-0.05, 0) is 72.9 Å². The van der Waals surface area contributed by atoms with Crippen LogP contribution in [0.3, 0.4) is 0 Å². The Balaban J connectivity index is 1.55. The zero-order valence-corrected chi connectivity index (χ0v) is 19.8. The lowest BCUT2D eigenvalue weighted by atomic mass is 10.0. The van der Waals surface area contributed by atoms with Crippen LogP contribution in [0.2, 0.25) is 5.02 Å². The predicted molar refractivity (Wildman–Crippen MR) is 133 cm³/mol. The standard InChI is InChI=1S/C28H35ClN2/c1-3-5-7-9-22-11-13-23(14-12-22)15-16-24-17-18-26(27(29)19-24)28-30-20-25(21-31-28)10-8-6-4-2/h11-14,17-21H,3-10,15-16H2,1-2H3. The molecule has 164 valence electrons. The zero-order chi connectivity index (χ0) is 21.9. The first-order valence-corrected chi connectivity index (χ1v) is 12.2. The Labute approximate surface area is 193 Å². The molecule has 2 nitrogen and oxygen atoms in total. The van der Waals surface area contributed by atoms with Gasteiger partial charge in [0.05, 0.1) is 5.02 Å². The number of halogens is 1. The zero-order valence-electron chi connectivity index (χ0n) is 19.0. The van der Waals surface area contributed by atoms with Crippen LogP contribution in [-0.2, 0) is 25.7 Å². The van der Waals surface area contributed by atoms with E-state index >= 15 is 0 Å². The van der Waals surface area contributed by atoms with Crippen molar-refractivity contribution in [3.05, 3.63) is 82.1 Å². The van der Waals surface area contributed by atoms with E-state index in [4.69, 9.17) is 11.6 Å². The van der Waals surface area contributed by atoms with Gasteiger partial charge in [0.2, 0.25) is 0 Å². The summed E-state index contributed by atoms with van der Waals surface area (Å²) >= 11 is 6.59. The SMILES string of the molecule is CCCCCc1ccc(CCc2ccc(-c3ncc(CCCCC)cn3)c(Cl)c2)cc1. The molecule has 0 atom stereocenters. The van der Waals surface area contributed by atoms with Crippen LogP contribution in [0.5, 0.6) is 0 Å². The van der Waals surface area contributed by atoms with Crippen LogP contribution in [0.4, 0.5) is 0 Å². The molecular weight excluding hydrogens is 400 g/mol. The third-order valence-corrected chi connectivity index (χ3v) is 6.16. The summed E-state index contributed by atoms with van der Waals surface area (Å²) in [5.41, 5.74) is 6.17. The van der Waals surface area contributed by atoms with Crippen LogP contribution < -0.4 is 0 Å². The lowest BCUT2D eigenvalue weighted by molar-refractivity contribution is 0.714. The van der Waals surface area contributed by atoms with E-state index in [0.29, 0.717) is 5.82 Å². The Morgan fingerprint density at radius 2 is 1.13 bits per heavy atom. The van der Waals surface area contributed by atoms with Gasteiger partial charge in [0.15, 0.2) is 5.82 Å². The van der Waals surface area contributed by atoms with Gasteiger partial charge in [-0.15, -0.1) is 0 Å². The van der Waals surface area contributed by atoms with Crippen LogP contribution in [0.25, 0.3) is 11.4 Å². The van der Waals surface area contributed by atoms with Crippen molar-refractivity contribution in [2.45, 2.75) is 78.1 Å². The van der Waals surface area contributed by atoms with Gasteiger partial charge in [-0.3, -0.25) is 0 Å². The minimum absolute atomic E-state index is 0.703. The highest BCUT2D eigenvalue weighted by Gasteiger charge is 2.08. The number of hydrogen-bond donors (Lipinski definition) is 0. The Kier molecular flexibility index (Phi) is 9.55. The van der Waals surface area contributed by atoms with Crippen LogP contribution in [0.1, 0.15) is 74.6 Å². The van der Waals surface area contributed by atoms with E-state index in [9.17, 15) is 0 Å². The first-order valence-electron chi connectivity index (χ1n) is 11.9. The second-order valence-corrected chi connectivity index (χ2v) is 8.87. The van der Waals surface area contributed by atoms with E-state index in [1.54, 1.807) is 0 Å². The molecule has 31 heavy (non-hydrogen) atoms. The summed E-state index contributed by atoms with van der Waals surface area (Å²) in [5.74, 6) is 0.703. The summed E-state index contributed by atoms with van der Waals surface area (Å²) in [6.07, 6.45) is 15.6. The number of aryl methyl sites for hydroxylation is 4. The minimum atomic E-state index is 0.703. The summed E-state index contributed by atoms with van der Waals surface area (Å²) in [6, 6.07) is 15.4. The first-order chi connectivity index (χ1) is 15.2. The van der Waals surface area contributed by atoms with Crippen molar-refractivity contribution in [3.8, 4) is 11.4 Å². The Hall–Kier alpha value is -2.19. The molecule has 0 saturated carbocycles. The number of rotatable bonds is 12. The molecule has 0 amide bonds. The third kappa shape index (κ3) is 7.47. The van der Waals surface area contributed by atoms with Gasteiger partial charge < -0.3 is 0 Å². The van der Waals surface area contributed by atoms with Crippen LogP contribution in [-0.4, -0.2) is 9.97 Å². The number of hydrogen-bond acceptors (Lipinski definition) is 2. The maximum Gasteiger partial charge on any atom is 0.160 e. The summed E-state index contributed by atoms with van der Waals surface area (Å²) in [7, 11) is 0. The Morgan fingerprint density at radius 1 is 0.613 bits per heavy atom. The largest absolute Gasteiger partial charge is 0.236 e. The minimum Gasteiger partial charge on any atom is -0.236 e. The monoisotopic (exact) mass is 434 g/mol. The molecule has 0 aliphatic carbocycles. The number of benzene rings is 2. The van der Waals surface area contributed by atoms with Crippen molar-refractivity contribution in [1.29, 1.82) is 0 Å². The van der Waals surface area contributed by atoms with Crippen molar-refractivity contribution in [3.63, 3.8) is 0 Å². The number of aromatic nitrogens is 2. The molecule has 0 unspecified atom stereocenters. The van der Waals surface area contributed by atoms with Crippen LogP contribution in [0.15, 0.2) is 54.9 Å². The molecular formula is C28H35ClN2. The van der Waals surface area contributed by atoms with E-state index < -0.39 is 0 Å². The van der Waals surface area contributed by atoms with Gasteiger partial charge in [0, 0.05) is 18.0 Å². The highest BCUT2D eigenvalue weighted by Crippen LogP contribution is 2.27. The van der Waals surface area contributed by atoms with E-state index in [1.165, 1.54) is 67.2 Å². The lowest BCUT2D eigenvalue weighted by Crippen LogP contribution is -1.96. The fourth-order valence-corrected chi connectivity index (χ4v) is 4.13. The molecule has 0 N–H and O–H groups in total. The van der Waals surface area contributed by atoms with E-state index in [0.717, 1.165) is 29.8 Å². The molecule has 3 aromatic rings. The summed E-state index contributed by atoms with van der Waals surface area (Å²) in [6.45, 7) is 4.47. The van der Waals surface area contributed by atoms with Crippen molar-refractivity contribution < 1.29 is 0 Å². The first kappa shape index (κ1) is 23.5. The van der Waals surface area contributed by atoms with E-state index in [2.05, 4.69) is 66.3 Å². The molecule has 0 radical (unpaired) electrons. The van der Waals surface area contributed by atoms with Gasteiger partial charge in [-0.25, -0.2) is 9.97 Å². The predicted octanol–water partition coefficient (Wildman–Crippen LogP) is 8.05. The molecule has 3 rings (SSSR count). The van der Waals surface area contributed by atoms with Crippen molar-refractivity contribution in [2.24, 2.45) is 0 Å². The molecule has 1 heterocycles. The van der Waals surface area contributed by atoms with Gasteiger partial charge in [-0.2, -0.15) is 0 Å². The topological polar surface area (TPSA) is 25.8 Å². The molecule has 2 aromatic carbocycles. The maximum atomic E-state index is 6.59. The highest BCUT2D eigenvalue weighted by molar-refractivity contribution is 6.33. The van der Waals surface area contributed by atoms with E-state index in [1.807, 2.05) is 12.4 Å². The van der Waals surface area contributed by atoms with Gasteiger partial charge >= 0.3 is 0 Å². The van der Waals surface area contributed by atoms with Gasteiger partial charge in [0.25, 0.3) is 0 Å². The summed E-state index contributed by atoms with van der Waals surface area (Å²) < 4.78 is 0. The normalized spacial score (nSPS) is 11.1. The molecule has 0 aliphatic rings. The lowest BCUT2D eigenvalue weighted by Gasteiger charge is -2.08. The summed E-state index contributed by atoms with van der Waals surface area (Å²) in [4.78, 5) is 9.10. The smallest absolute Gasteiger partial charge is 0.160 e. The molecule has 0 saturated heterocycles. The van der Waals surface area contributed by atoms with Gasteiger partial charge in [-0.1, -0.05) is 81.5 Å². The summed E-state index contributed by atoms with van der Waals surface area (Å²) in [5, 5.41) is 0.725. The molecule has 3 heteroatoms. The quantitative estimate of drug-likeness (QED) is 0.269. The second-order valence-electron chi connectivity index (χ2n) is 8.46. The number of unbranched alkanes of at least 4 members (excludes halogenated alkanes) is 4. The maximum absolute atomic E-state index is 6.59. The Morgan fingerprint density at radius 3 is 1.71 bits per heavy atom. The second kappa shape index (κ2) is 12.6. The highest BCUT2D eigenvalue weighted by atomic mass is 35.5. The molecule has 0 spiro atoms. The molecule has 0 fully saturated rings.